The molecule has 0 aliphatic rings. The van der Waals surface area contributed by atoms with Crippen molar-refractivity contribution in [1.29, 1.82) is 0 Å². The average molecular weight is 170 g/mol. The summed E-state index contributed by atoms with van der Waals surface area (Å²) in [6.45, 7) is 1.69. The molecule has 0 heterocycles. The first-order chi connectivity index (χ1) is 5.60. The second kappa shape index (κ2) is 5.17. The van der Waals surface area contributed by atoms with Gasteiger partial charge < -0.3 is 16.7 Å². The zero-order valence-corrected chi connectivity index (χ0v) is 7.28. The molecule has 0 bridgehead atoms. The zero-order chi connectivity index (χ0) is 9.56. The fourth-order valence-electron chi connectivity index (χ4n) is 0.684. The van der Waals surface area contributed by atoms with Crippen molar-refractivity contribution in [3.05, 3.63) is 11.9 Å². The van der Waals surface area contributed by atoms with Crippen molar-refractivity contribution in [2.45, 2.75) is 13.3 Å². The lowest BCUT2D eigenvalue weighted by molar-refractivity contribution is 0.318. The molecule has 0 spiro atoms. The predicted octanol–water partition coefficient (Wildman–Crippen LogP) is 0.0562. The van der Waals surface area contributed by atoms with Crippen LogP contribution >= 0.6 is 0 Å². The molecule has 5 nitrogen and oxygen atoms in total. The molecule has 0 unspecified atom stereocenters. The molecule has 5 heteroatoms. The minimum atomic E-state index is 0.196. The summed E-state index contributed by atoms with van der Waals surface area (Å²) in [6, 6.07) is 0. The topological polar surface area (TPSA) is 97.0 Å². The fourth-order valence-corrected chi connectivity index (χ4v) is 0.684. The van der Waals surface area contributed by atoms with Crippen molar-refractivity contribution in [2.24, 2.45) is 21.6 Å². The number of nitrogens with zero attached hydrogens (tertiary/aromatic N) is 2. The molecule has 0 atom stereocenters. The lowest BCUT2D eigenvalue weighted by atomic mass is 10.2. The first-order valence-electron chi connectivity index (χ1n) is 3.46. The SMILES string of the molecule is C/N=C(\C=C(N)N)C/C(C)=N\O. The van der Waals surface area contributed by atoms with Crippen LogP contribution in [0, 0.1) is 0 Å². The van der Waals surface area contributed by atoms with Gasteiger partial charge in [-0.25, -0.2) is 0 Å². The van der Waals surface area contributed by atoms with Gasteiger partial charge in [0.25, 0.3) is 0 Å². The maximum absolute atomic E-state index is 8.36. The van der Waals surface area contributed by atoms with Gasteiger partial charge in [0.1, 0.15) is 0 Å². The van der Waals surface area contributed by atoms with Crippen molar-refractivity contribution >= 4 is 11.4 Å². The van der Waals surface area contributed by atoms with Gasteiger partial charge in [0.05, 0.1) is 11.5 Å². The second-order valence-electron chi connectivity index (χ2n) is 2.37. The predicted molar refractivity (Wildman–Crippen MR) is 49.3 cm³/mol. The fraction of sp³-hybridized carbons (Fsp3) is 0.429. The van der Waals surface area contributed by atoms with Crippen LogP contribution < -0.4 is 11.5 Å². The number of rotatable bonds is 3. The quantitative estimate of drug-likeness (QED) is 0.317. The van der Waals surface area contributed by atoms with E-state index in [2.05, 4.69) is 10.1 Å². The Hall–Kier alpha value is -1.52. The molecule has 12 heavy (non-hydrogen) atoms. The van der Waals surface area contributed by atoms with E-state index in [4.69, 9.17) is 16.7 Å². The van der Waals surface area contributed by atoms with Crippen molar-refractivity contribution in [1.82, 2.24) is 0 Å². The molecule has 0 rings (SSSR count). The van der Waals surface area contributed by atoms with E-state index >= 15 is 0 Å². The highest BCUT2D eigenvalue weighted by atomic mass is 16.4. The zero-order valence-electron chi connectivity index (χ0n) is 7.28. The van der Waals surface area contributed by atoms with Crippen molar-refractivity contribution in [2.75, 3.05) is 7.05 Å². The van der Waals surface area contributed by atoms with Crippen molar-refractivity contribution in [3.63, 3.8) is 0 Å². The van der Waals surface area contributed by atoms with Crippen LogP contribution in [0.1, 0.15) is 13.3 Å². The molecule has 0 aliphatic carbocycles. The van der Waals surface area contributed by atoms with Crippen LogP contribution in [0.5, 0.6) is 0 Å². The molecule has 0 aromatic carbocycles. The number of nitrogens with two attached hydrogens (primary N) is 2. The molecule has 68 valence electrons. The molecular formula is C7H14N4O. The maximum Gasteiger partial charge on any atom is 0.0951 e. The van der Waals surface area contributed by atoms with Crippen LogP contribution in [-0.2, 0) is 0 Å². The molecule has 0 aromatic heterocycles. The highest BCUT2D eigenvalue weighted by Gasteiger charge is 1.98. The third-order valence-electron chi connectivity index (χ3n) is 1.23. The Morgan fingerprint density at radius 1 is 1.50 bits per heavy atom. The molecule has 0 radical (unpaired) electrons. The van der Waals surface area contributed by atoms with Crippen LogP contribution in [0.15, 0.2) is 22.0 Å². The maximum atomic E-state index is 8.36. The van der Waals surface area contributed by atoms with Crippen LogP contribution in [0.4, 0.5) is 0 Å². The van der Waals surface area contributed by atoms with Gasteiger partial charge >= 0.3 is 0 Å². The van der Waals surface area contributed by atoms with E-state index in [1.165, 1.54) is 6.08 Å². The van der Waals surface area contributed by atoms with Gasteiger partial charge in [0.2, 0.25) is 0 Å². The Morgan fingerprint density at radius 3 is 2.42 bits per heavy atom. The Labute approximate surface area is 71.5 Å². The van der Waals surface area contributed by atoms with Gasteiger partial charge in [-0.15, -0.1) is 0 Å². The number of aliphatic imine (C=N–C) groups is 1. The lowest BCUT2D eigenvalue weighted by Gasteiger charge is -1.98. The third kappa shape index (κ3) is 4.32. The second-order valence-corrected chi connectivity index (χ2v) is 2.37. The largest absolute Gasteiger partial charge is 0.411 e. The molecule has 5 N–H and O–H groups in total. The summed E-state index contributed by atoms with van der Waals surface area (Å²) in [6.07, 6.45) is 1.99. The summed E-state index contributed by atoms with van der Waals surface area (Å²) in [5.41, 5.74) is 11.7. The highest BCUT2D eigenvalue weighted by molar-refractivity contribution is 6.08. The van der Waals surface area contributed by atoms with E-state index in [0.717, 1.165) is 0 Å². The van der Waals surface area contributed by atoms with E-state index in [-0.39, 0.29) is 5.82 Å². The molecule has 0 aliphatic heterocycles. The Morgan fingerprint density at radius 2 is 2.08 bits per heavy atom. The Bertz CT molecular complexity index is 226. The molecule has 0 saturated carbocycles. The molecule has 0 saturated heterocycles. The van der Waals surface area contributed by atoms with Crippen LogP contribution in [0.2, 0.25) is 0 Å². The first kappa shape index (κ1) is 10.5. The summed E-state index contributed by atoms with van der Waals surface area (Å²) in [5, 5.41) is 11.4. The minimum Gasteiger partial charge on any atom is -0.411 e. The summed E-state index contributed by atoms with van der Waals surface area (Å²) in [5.74, 6) is 0.196. The van der Waals surface area contributed by atoms with E-state index in [9.17, 15) is 0 Å². The van der Waals surface area contributed by atoms with Crippen molar-refractivity contribution in [3.8, 4) is 0 Å². The standard InChI is InChI=1S/C7H14N4O/c1-5(11-12)3-6(10-2)4-7(8)9/h4,12H,3,8-9H2,1-2H3/b10-6-,11-5-. The first-order valence-corrected chi connectivity index (χ1v) is 3.46. The number of allylic oxidation sites excluding steroid dienone is 1. The van der Waals surface area contributed by atoms with Crippen LogP contribution in [-0.4, -0.2) is 23.7 Å². The highest BCUT2D eigenvalue weighted by Crippen LogP contribution is 1.92. The molecule has 0 amide bonds. The Kier molecular flexibility index (Phi) is 4.52. The van der Waals surface area contributed by atoms with E-state index in [1.807, 2.05) is 0 Å². The monoisotopic (exact) mass is 170 g/mol. The third-order valence-corrected chi connectivity index (χ3v) is 1.23. The van der Waals surface area contributed by atoms with Gasteiger partial charge in [-0.05, 0) is 13.0 Å². The number of oxime groups is 1. The van der Waals surface area contributed by atoms with Gasteiger partial charge in [-0.3, -0.25) is 4.99 Å². The summed E-state index contributed by atoms with van der Waals surface area (Å²) in [4.78, 5) is 3.90. The van der Waals surface area contributed by atoms with Crippen LogP contribution in [0.3, 0.4) is 0 Å². The van der Waals surface area contributed by atoms with E-state index in [0.29, 0.717) is 17.8 Å². The van der Waals surface area contributed by atoms with Gasteiger partial charge in [-0.1, -0.05) is 5.16 Å². The summed E-state index contributed by atoms with van der Waals surface area (Å²) >= 11 is 0. The lowest BCUT2D eigenvalue weighted by Crippen LogP contribution is -2.12. The van der Waals surface area contributed by atoms with E-state index in [1.54, 1.807) is 14.0 Å². The van der Waals surface area contributed by atoms with E-state index < -0.39 is 0 Å². The minimum absolute atomic E-state index is 0.196. The number of hydrogen-bond acceptors (Lipinski definition) is 5. The molecule has 0 aromatic rings. The Balaban J connectivity index is 4.32. The molecular weight excluding hydrogens is 156 g/mol. The number of hydrogen-bond donors (Lipinski definition) is 3. The van der Waals surface area contributed by atoms with Gasteiger partial charge in [0, 0.05) is 19.2 Å². The van der Waals surface area contributed by atoms with Gasteiger partial charge in [-0.2, -0.15) is 0 Å². The normalized spacial score (nSPS) is 12.8. The molecule has 0 fully saturated rings. The van der Waals surface area contributed by atoms with Gasteiger partial charge in [0.15, 0.2) is 0 Å². The summed E-state index contributed by atoms with van der Waals surface area (Å²) < 4.78 is 0. The average Bonchev–Trinajstić information content (AvgIpc) is 2.02. The van der Waals surface area contributed by atoms with Crippen LogP contribution in [0.25, 0.3) is 0 Å². The summed E-state index contributed by atoms with van der Waals surface area (Å²) in [7, 11) is 1.62. The smallest absolute Gasteiger partial charge is 0.0951 e. The van der Waals surface area contributed by atoms with Crippen molar-refractivity contribution < 1.29 is 5.21 Å².